The zero-order valence-corrected chi connectivity index (χ0v) is 28.5. The van der Waals surface area contributed by atoms with Gasteiger partial charge in [0.15, 0.2) is 0 Å². The Morgan fingerprint density at radius 2 is 1.31 bits per heavy atom. The Morgan fingerprint density at radius 3 is 1.84 bits per heavy atom. The van der Waals surface area contributed by atoms with Gasteiger partial charge in [-0.25, -0.2) is 9.59 Å². The number of carbonyl (C=O) groups is 3. The quantitative estimate of drug-likeness (QED) is 0.139. The van der Waals surface area contributed by atoms with E-state index < -0.39 is 35.2 Å². The summed E-state index contributed by atoms with van der Waals surface area (Å²) < 4.78 is 38.5. The number of primary amides is 1. The molecule has 3 N–H and O–H groups in total. The van der Waals surface area contributed by atoms with Gasteiger partial charge in [-0.2, -0.15) is 0 Å². The molecule has 0 spiro atoms. The highest BCUT2D eigenvalue weighted by molar-refractivity contribution is 5.74. The van der Waals surface area contributed by atoms with E-state index in [2.05, 4.69) is 12.2 Å². The van der Waals surface area contributed by atoms with E-state index in [4.69, 9.17) is 38.9 Å². The zero-order valence-electron chi connectivity index (χ0n) is 28.5. The van der Waals surface area contributed by atoms with Crippen LogP contribution in [0.25, 0.3) is 0 Å². The molecule has 45 heavy (non-hydrogen) atoms. The lowest BCUT2D eigenvalue weighted by molar-refractivity contribution is -0.160. The van der Waals surface area contributed by atoms with E-state index in [9.17, 15) is 14.4 Å². The molecule has 1 aromatic rings. The molecular formula is C33H56N2O10. The summed E-state index contributed by atoms with van der Waals surface area (Å²) in [5.74, 6) is -0.644. The van der Waals surface area contributed by atoms with Crippen LogP contribution in [0.3, 0.4) is 0 Å². The molecule has 0 heterocycles. The molecule has 2 amide bonds. The van der Waals surface area contributed by atoms with Crippen molar-refractivity contribution in [3.05, 3.63) is 35.4 Å². The van der Waals surface area contributed by atoms with Crippen LogP contribution >= 0.6 is 0 Å². The van der Waals surface area contributed by atoms with Crippen LogP contribution in [-0.2, 0) is 49.4 Å². The lowest BCUT2D eigenvalue weighted by Gasteiger charge is -2.27. The number of hydrogen-bond acceptors (Lipinski definition) is 10. The lowest BCUT2D eigenvalue weighted by Crippen LogP contribution is -2.45. The molecule has 3 unspecified atom stereocenters. The smallest absolute Gasteiger partial charge is 0.407 e. The van der Waals surface area contributed by atoms with Gasteiger partial charge in [0.1, 0.15) is 17.8 Å². The highest BCUT2D eigenvalue weighted by Gasteiger charge is 2.24. The van der Waals surface area contributed by atoms with E-state index in [0.29, 0.717) is 59.3 Å². The predicted molar refractivity (Wildman–Crippen MR) is 170 cm³/mol. The first-order chi connectivity index (χ1) is 21.1. The highest BCUT2D eigenvalue weighted by Crippen LogP contribution is 2.18. The van der Waals surface area contributed by atoms with Gasteiger partial charge >= 0.3 is 12.1 Å². The third-order valence-corrected chi connectivity index (χ3v) is 6.16. The second-order valence-electron chi connectivity index (χ2n) is 12.9. The largest absolute Gasteiger partial charge is 0.458 e. The average molecular weight is 641 g/mol. The van der Waals surface area contributed by atoms with Crippen LogP contribution in [0.5, 0.6) is 0 Å². The molecule has 0 aromatic heterocycles. The van der Waals surface area contributed by atoms with Gasteiger partial charge < -0.3 is 44.2 Å². The lowest BCUT2D eigenvalue weighted by atomic mass is 10.0. The summed E-state index contributed by atoms with van der Waals surface area (Å²) in [5, 5.41) is 2.80. The van der Waals surface area contributed by atoms with Crippen molar-refractivity contribution in [2.24, 2.45) is 5.73 Å². The molecular weight excluding hydrogens is 584 g/mol. The highest BCUT2D eigenvalue weighted by atomic mass is 16.6. The van der Waals surface area contributed by atoms with Crippen molar-refractivity contribution in [1.29, 1.82) is 0 Å². The molecule has 0 aliphatic heterocycles. The number of nitrogens with one attached hydrogen (secondary N) is 1. The van der Waals surface area contributed by atoms with E-state index >= 15 is 0 Å². The van der Waals surface area contributed by atoms with Crippen molar-refractivity contribution in [1.82, 2.24) is 5.32 Å². The maximum absolute atomic E-state index is 12.3. The number of esters is 1. The van der Waals surface area contributed by atoms with Gasteiger partial charge in [-0.05, 0) is 66.0 Å². The molecule has 0 bridgehead atoms. The van der Waals surface area contributed by atoms with Gasteiger partial charge in [0.05, 0.1) is 65.0 Å². The molecule has 0 aliphatic rings. The van der Waals surface area contributed by atoms with E-state index in [0.717, 1.165) is 11.1 Å². The Bertz CT molecular complexity index is 989. The summed E-state index contributed by atoms with van der Waals surface area (Å²) in [6.07, 6.45) is -0.468. The Kier molecular flexibility index (Phi) is 18.9. The van der Waals surface area contributed by atoms with E-state index in [1.165, 1.54) is 0 Å². The van der Waals surface area contributed by atoms with Crippen molar-refractivity contribution < 1.29 is 47.5 Å². The normalized spacial score (nSPS) is 14.0. The number of nitrogens with two attached hydrogens (primary N) is 1. The molecule has 0 saturated carbocycles. The third kappa shape index (κ3) is 21.6. The van der Waals surface area contributed by atoms with E-state index in [1.807, 2.05) is 52.0 Å². The van der Waals surface area contributed by atoms with Crippen LogP contribution in [0, 0.1) is 0 Å². The van der Waals surface area contributed by atoms with Crippen LogP contribution in [-0.4, -0.2) is 94.2 Å². The van der Waals surface area contributed by atoms with Gasteiger partial charge in [-0.3, -0.25) is 4.79 Å². The monoisotopic (exact) mass is 640 g/mol. The SMILES string of the molecule is CC(COCCOCCOCCOCC(=O)OC(C)(C)C)c1ccc(COC(C)C(CCC(N)=O)NC(=O)OC(C)(C)C)cc1. The average Bonchev–Trinajstić information content (AvgIpc) is 2.92. The number of carbonyl (C=O) groups excluding carboxylic acids is 3. The molecule has 3 atom stereocenters. The van der Waals surface area contributed by atoms with Crippen molar-refractivity contribution in [2.75, 3.05) is 52.9 Å². The topological polar surface area (TPSA) is 154 Å². The Morgan fingerprint density at radius 1 is 0.778 bits per heavy atom. The molecule has 0 radical (unpaired) electrons. The second kappa shape index (κ2) is 21.1. The van der Waals surface area contributed by atoms with Crippen molar-refractivity contribution in [2.45, 2.75) is 104 Å². The first-order valence-corrected chi connectivity index (χ1v) is 15.6. The van der Waals surface area contributed by atoms with Crippen LogP contribution in [0.4, 0.5) is 4.79 Å². The standard InChI is InChI=1S/C33H56N2O10/c1-24(21-41-19-17-39-15-16-40-18-20-42-23-30(37)44-32(3,4)5)27-11-9-26(10-12-27)22-43-25(2)28(13-14-29(34)36)35-31(38)45-33(6,7)8/h9-12,24-25,28H,13-23H2,1-8H3,(H2,34,36)(H,35,38). The number of amides is 2. The van der Waals surface area contributed by atoms with Gasteiger partial charge in [-0.15, -0.1) is 0 Å². The molecule has 0 saturated heterocycles. The van der Waals surface area contributed by atoms with E-state index in [-0.39, 0.29) is 25.0 Å². The number of ether oxygens (including phenoxy) is 7. The van der Waals surface area contributed by atoms with Gasteiger partial charge in [0.2, 0.25) is 5.91 Å². The number of alkyl carbamates (subject to hydrolysis) is 1. The first-order valence-electron chi connectivity index (χ1n) is 15.6. The minimum atomic E-state index is -0.639. The van der Waals surface area contributed by atoms with Crippen LogP contribution in [0.2, 0.25) is 0 Å². The Labute approximate surface area is 268 Å². The Hall–Kier alpha value is -2.77. The maximum Gasteiger partial charge on any atom is 0.407 e. The minimum Gasteiger partial charge on any atom is -0.458 e. The van der Waals surface area contributed by atoms with Crippen LogP contribution in [0.15, 0.2) is 24.3 Å². The predicted octanol–water partition coefficient (Wildman–Crippen LogP) is 4.26. The molecule has 0 aliphatic carbocycles. The summed E-state index contributed by atoms with van der Waals surface area (Å²) in [6.45, 7) is 18.0. The number of hydrogen-bond donors (Lipinski definition) is 2. The fourth-order valence-electron chi connectivity index (χ4n) is 3.91. The summed E-state index contributed by atoms with van der Waals surface area (Å²) in [6, 6.07) is 7.67. The van der Waals surface area contributed by atoms with Gasteiger partial charge in [0, 0.05) is 12.3 Å². The molecule has 1 rings (SSSR count). The number of benzene rings is 1. The molecule has 12 nitrogen and oxygen atoms in total. The zero-order chi connectivity index (χ0) is 33.9. The summed E-state index contributed by atoms with van der Waals surface area (Å²) in [4.78, 5) is 35.2. The summed E-state index contributed by atoms with van der Waals surface area (Å²) >= 11 is 0. The molecule has 0 fully saturated rings. The van der Waals surface area contributed by atoms with E-state index in [1.54, 1.807) is 20.8 Å². The molecule has 1 aromatic carbocycles. The van der Waals surface area contributed by atoms with Crippen LogP contribution in [0.1, 0.15) is 85.3 Å². The fourth-order valence-corrected chi connectivity index (χ4v) is 3.91. The van der Waals surface area contributed by atoms with Crippen LogP contribution < -0.4 is 11.1 Å². The van der Waals surface area contributed by atoms with Crippen molar-refractivity contribution in [3.8, 4) is 0 Å². The second-order valence-corrected chi connectivity index (χ2v) is 12.9. The van der Waals surface area contributed by atoms with Gasteiger partial charge in [-0.1, -0.05) is 31.2 Å². The van der Waals surface area contributed by atoms with Gasteiger partial charge in [0.25, 0.3) is 0 Å². The van der Waals surface area contributed by atoms with Crippen molar-refractivity contribution >= 4 is 18.0 Å². The summed E-state index contributed by atoms with van der Waals surface area (Å²) in [7, 11) is 0. The summed E-state index contributed by atoms with van der Waals surface area (Å²) in [5.41, 5.74) is 6.28. The molecule has 12 heteroatoms. The Balaban J connectivity index is 2.25. The number of rotatable bonds is 22. The minimum absolute atomic E-state index is 0.0947. The third-order valence-electron chi connectivity index (χ3n) is 6.16. The maximum atomic E-state index is 12.3. The fraction of sp³-hybridized carbons (Fsp3) is 0.727. The first kappa shape index (κ1) is 40.3. The van der Waals surface area contributed by atoms with Crippen molar-refractivity contribution in [3.63, 3.8) is 0 Å². The molecule has 258 valence electrons.